The molecule has 0 bridgehead atoms. The van der Waals surface area contributed by atoms with E-state index in [1.165, 1.54) is 12.0 Å². The van der Waals surface area contributed by atoms with E-state index in [1.54, 1.807) is 18.2 Å². The highest BCUT2D eigenvalue weighted by Crippen LogP contribution is 2.40. The molecule has 0 spiro atoms. The van der Waals surface area contributed by atoms with Crippen LogP contribution in [0.5, 0.6) is 5.75 Å². The van der Waals surface area contributed by atoms with Gasteiger partial charge in [-0.15, -0.1) is 0 Å². The Balaban J connectivity index is 1.24. The van der Waals surface area contributed by atoms with Crippen LogP contribution in [0.2, 0.25) is 10.0 Å². The molecule has 0 aliphatic heterocycles. The van der Waals surface area contributed by atoms with Gasteiger partial charge in [-0.05, 0) is 66.3 Å². The maximum Gasteiger partial charge on any atom is 0.335 e. The summed E-state index contributed by atoms with van der Waals surface area (Å²) in [5, 5.41) is 18.2. The summed E-state index contributed by atoms with van der Waals surface area (Å²) in [6, 6.07) is 20.3. The molecule has 4 aromatic rings. The van der Waals surface area contributed by atoms with Gasteiger partial charge in [-0.3, -0.25) is 0 Å². The topological polar surface area (TPSA) is 76.4 Å². The van der Waals surface area contributed by atoms with Crippen molar-refractivity contribution in [2.75, 3.05) is 0 Å². The number of hydrogen-bond acceptors (Lipinski definition) is 4. The molecule has 0 radical (unpaired) electrons. The highest BCUT2D eigenvalue weighted by molar-refractivity contribution is 6.37. The van der Waals surface area contributed by atoms with Crippen molar-refractivity contribution in [2.45, 2.75) is 44.9 Å². The van der Waals surface area contributed by atoms with Crippen molar-refractivity contribution in [1.29, 1.82) is 0 Å². The first-order valence-corrected chi connectivity index (χ1v) is 13.0. The highest BCUT2D eigenvalue weighted by Gasteiger charge is 2.27. The summed E-state index contributed by atoms with van der Waals surface area (Å²) in [5.41, 5.74) is 5.15. The van der Waals surface area contributed by atoms with Crippen molar-refractivity contribution in [3.63, 3.8) is 0 Å². The molecule has 3 aromatic carbocycles. The summed E-state index contributed by atoms with van der Waals surface area (Å²) >= 11 is 13.0. The van der Waals surface area contributed by atoms with Crippen LogP contribution < -0.4 is 10.1 Å². The predicted molar refractivity (Wildman–Crippen MR) is 145 cm³/mol. The zero-order valence-electron chi connectivity index (χ0n) is 20.2. The second-order valence-electron chi connectivity index (χ2n) is 9.20. The number of carboxylic acids is 1. The number of rotatable bonds is 10. The minimum atomic E-state index is -0.921. The van der Waals surface area contributed by atoms with Gasteiger partial charge in [-0.25, -0.2) is 9.48 Å². The molecular weight excluding hydrogens is 509 g/mol. The average Bonchev–Trinajstić information content (AvgIpc) is 3.25. The molecule has 0 amide bonds. The van der Waals surface area contributed by atoms with Crippen molar-refractivity contribution in [3.8, 4) is 11.4 Å². The Hall–Kier alpha value is -3.32. The summed E-state index contributed by atoms with van der Waals surface area (Å²) < 4.78 is 8.01. The van der Waals surface area contributed by atoms with E-state index in [0.717, 1.165) is 35.4 Å². The lowest BCUT2D eigenvalue weighted by molar-refractivity contribution is 0.0696. The normalized spacial score (nSPS) is 13.4. The van der Waals surface area contributed by atoms with E-state index in [2.05, 4.69) is 10.4 Å². The van der Waals surface area contributed by atoms with Gasteiger partial charge in [0.05, 0.1) is 27.5 Å². The summed E-state index contributed by atoms with van der Waals surface area (Å²) in [6.45, 7) is 1.59. The average molecular weight is 536 g/mol. The molecule has 5 rings (SSSR count). The molecule has 1 aromatic heterocycles. The van der Waals surface area contributed by atoms with Gasteiger partial charge in [0, 0.05) is 18.7 Å². The summed E-state index contributed by atoms with van der Waals surface area (Å²) in [5.74, 6) is 0.323. The Morgan fingerprint density at radius 3 is 2.38 bits per heavy atom. The lowest BCUT2D eigenvalue weighted by Gasteiger charge is -2.26. The van der Waals surface area contributed by atoms with Crippen LogP contribution >= 0.6 is 23.2 Å². The quantitative estimate of drug-likeness (QED) is 0.228. The van der Waals surface area contributed by atoms with Gasteiger partial charge in [0.15, 0.2) is 0 Å². The molecule has 1 fully saturated rings. The van der Waals surface area contributed by atoms with Crippen LogP contribution in [0.1, 0.15) is 57.9 Å². The molecule has 8 heteroatoms. The fourth-order valence-electron chi connectivity index (χ4n) is 4.50. The Morgan fingerprint density at radius 1 is 1.00 bits per heavy atom. The van der Waals surface area contributed by atoms with Gasteiger partial charge in [0.2, 0.25) is 0 Å². The van der Waals surface area contributed by atoms with Crippen LogP contribution in [0.4, 0.5) is 0 Å². The van der Waals surface area contributed by atoms with Crippen molar-refractivity contribution >= 4 is 29.2 Å². The standard InChI is InChI=1S/C29H27Cl2N3O3/c30-25-8-3-9-26(31)28(25)34-27(24(17-33-34)21-5-2-6-21)18-37-23-12-10-19(11-13-23)15-32-16-20-4-1-7-22(14-20)29(35)36/h1,3-4,7-14,17,21,32H,2,5-6,15-16,18H2,(H,35,36). The molecule has 190 valence electrons. The monoisotopic (exact) mass is 535 g/mol. The first kappa shape index (κ1) is 25.3. The third kappa shape index (κ3) is 5.82. The maximum absolute atomic E-state index is 11.2. The molecule has 1 aliphatic rings. The zero-order valence-corrected chi connectivity index (χ0v) is 21.7. The summed E-state index contributed by atoms with van der Waals surface area (Å²) in [6.07, 6.45) is 5.45. The van der Waals surface area contributed by atoms with Crippen LogP contribution in [0.15, 0.2) is 72.9 Å². The van der Waals surface area contributed by atoms with Gasteiger partial charge < -0.3 is 15.2 Å². The molecular formula is C29H27Cl2N3O3. The van der Waals surface area contributed by atoms with Gasteiger partial charge in [0.25, 0.3) is 0 Å². The highest BCUT2D eigenvalue weighted by atomic mass is 35.5. The molecule has 6 nitrogen and oxygen atoms in total. The van der Waals surface area contributed by atoms with E-state index in [0.29, 0.717) is 46.9 Å². The van der Waals surface area contributed by atoms with Crippen LogP contribution in [-0.4, -0.2) is 20.9 Å². The van der Waals surface area contributed by atoms with Gasteiger partial charge in [0.1, 0.15) is 18.0 Å². The number of aromatic carboxylic acids is 1. The maximum atomic E-state index is 11.2. The number of para-hydroxylation sites is 1. The largest absolute Gasteiger partial charge is 0.487 e. The molecule has 2 N–H and O–H groups in total. The lowest BCUT2D eigenvalue weighted by Crippen LogP contribution is -2.14. The number of carbonyl (C=O) groups is 1. The Morgan fingerprint density at radius 2 is 1.70 bits per heavy atom. The molecule has 1 heterocycles. The number of halogens is 2. The van der Waals surface area contributed by atoms with Crippen molar-refractivity contribution in [2.24, 2.45) is 0 Å². The van der Waals surface area contributed by atoms with E-state index >= 15 is 0 Å². The van der Waals surface area contributed by atoms with E-state index < -0.39 is 5.97 Å². The molecule has 0 saturated heterocycles. The van der Waals surface area contributed by atoms with Crippen LogP contribution in [0.25, 0.3) is 5.69 Å². The van der Waals surface area contributed by atoms with Gasteiger partial charge in [-0.2, -0.15) is 5.10 Å². The van der Waals surface area contributed by atoms with E-state index in [1.807, 2.05) is 59.4 Å². The van der Waals surface area contributed by atoms with Crippen molar-refractivity contribution < 1.29 is 14.6 Å². The number of aromatic nitrogens is 2. The van der Waals surface area contributed by atoms with Gasteiger partial charge in [-0.1, -0.05) is 60.0 Å². The van der Waals surface area contributed by atoms with Crippen LogP contribution in [-0.2, 0) is 19.7 Å². The fourth-order valence-corrected chi connectivity index (χ4v) is 5.05. The van der Waals surface area contributed by atoms with Crippen LogP contribution in [0.3, 0.4) is 0 Å². The van der Waals surface area contributed by atoms with E-state index in [9.17, 15) is 4.79 Å². The SMILES string of the molecule is O=C(O)c1cccc(CNCc2ccc(OCc3c(C4CCC4)cnn3-c3c(Cl)cccc3Cl)cc2)c1. The van der Waals surface area contributed by atoms with E-state index in [4.69, 9.17) is 33.0 Å². The number of carboxylic acid groups (broad SMARTS) is 1. The third-order valence-electron chi connectivity index (χ3n) is 6.73. The third-order valence-corrected chi connectivity index (χ3v) is 7.34. The Labute approximate surface area is 225 Å². The number of nitrogens with zero attached hydrogens (tertiary/aromatic N) is 2. The number of ether oxygens (including phenoxy) is 1. The molecule has 0 atom stereocenters. The molecule has 37 heavy (non-hydrogen) atoms. The number of nitrogens with one attached hydrogen (secondary N) is 1. The zero-order chi connectivity index (χ0) is 25.8. The first-order valence-electron chi connectivity index (χ1n) is 12.3. The second-order valence-corrected chi connectivity index (χ2v) is 10.0. The minimum Gasteiger partial charge on any atom is -0.487 e. The van der Waals surface area contributed by atoms with Crippen molar-refractivity contribution in [3.05, 3.63) is 111 Å². The lowest BCUT2D eigenvalue weighted by atomic mass is 9.80. The molecule has 0 unspecified atom stereocenters. The molecule has 1 aliphatic carbocycles. The Bertz CT molecular complexity index is 1380. The summed E-state index contributed by atoms with van der Waals surface area (Å²) in [7, 11) is 0. The second kappa shape index (κ2) is 11.4. The van der Waals surface area contributed by atoms with Crippen LogP contribution in [0, 0.1) is 0 Å². The molecule has 1 saturated carbocycles. The van der Waals surface area contributed by atoms with Crippen molar-refractivity contribution in [1.82, 2.24) is 15.1 Å². The number of hydrogen-bond donors (Lipinski definition) is 2. The van der Waals surface area contributed by atoms with E-state index in [-0.39, 0.29) is 0 Å². The minimum absolute atomic E-state index is 0.291. The Kier molecular flexibility index (Phi) is 7.79. The van der Waals surface area contributed by atoms with Gasteiger partial charge >= 0.3 is 5.97 Å². The smallest absolute Gasteiger partial charge is 0.335 e. The summed E-state index contributed by atoms with van der Waals surface area (Å²) in [4.78, 5) is 11.2. The fraction of sp³-hybridized carbons (Fsp3) is 0.241. The first-order chi connectivity index (χ1) is 18.0. The number of benzene rings is 3. The predicted octanol–water partition coefficient (Wildman–Crippen LogP) is 7.01.